The van der Waals surface area contributed by atoms with Gasteiger partial charge in [0.1, 0.15) is 11.9 Å². The van der Waals surface area contributed by atoms with E-state index in [1.165, 1.54) is 5.39 Å². The smallest absolute Gasteiger partial charge is 0.136 e. The molecule has 0 fully saturated rings. The van der Waals surface area contributed by atoms with Crippen LogP contribution in [0.15, 0.2) is 72.8 Å². The number of benzene rings is 3. The molecule has 0 aliphatic rings. The minimum Gasteiger partial charge on any atom is -0.484 e. The first-order valence-electron chi connectivity index (χ1n) is 6.78. The first-order valence-corrected chi connectivity index (χ1v) is 6.78. The van der Waals surface area contributed by atoms with E-state index in [9.17, 15) is 0 Å². The summed E-state index contributed by atoms with van der Waals surface area (Å²) in [6.07, 6.45) is -0.123. The molecule has 3 aromatic rings. The zero-order valence-electron chi connectivity index (χ0n) is 11.2. The summed E-state index contributed by atoms with van der Waals surface area (Å²) in [5, 5.41) is 2.29. The van der Waals surface area contributed by atoms with E-state index < -0.39 is 0 Å². The molecule has 2 heteroatoms. The lowest BCUT2D eigenvalue weighted by Gasteiger charge is -2.19. The van der Waals surface area contributed by atoms with Gasteiger partial charge < -0.3 is 10.5 Å². The summed E-state index contributed by atoms with van der Waals surface area (Å²) in [5.41, 5.74) is 6.97. The fourth-order valence-corrected chi connectivity index (χ4v) is 2.37. The van der Waals surface area contributed by atoms with Crippen molar-refractivity contribution in [2.24, 2.45) is 5.73 Å². The molecule has 1 atom stereocenters. The summed E-state index contributed by atoms with van der Waals surface area (Å²) in [5.74, 6) is 0.877. The van der Waals surface area contributed by atoms with Crippen LogP contribution < -0.4 is 10.5 Å². The zero-order chi connectivity index (χ0) is 13.8. The molecule has 0 heterocycles. The van der Waals surface area contributed by atoms with Crippen LogP contribution in [0.1, 0.15) is 11.7 Å². The first kappa shape index (κ1) is 12.7. The molecule has 0 spiro atoms. The second-order valence-electron chi connectivity index (χ2n) is 4.73. The van der Waals surface area contributed by atoms with Gasteiger partial charge in [0.25, 0.3) is 0 Å². The lowest BCUT2D eigenvalue weighted by Crippen LogP contribution is -2.18. The van der Waals surface area contributed by atoms with Gasteiger partial charge in [-0.05, 0) is 17.0 Å². The largest absolute Gasteiger partial charge is 0.484 e. The average molecular weight is 263 g/mol. The maximum Gasteiger partial charge on any atom is 0.136 e. The van der Waals surface area contributed by atoms with Crippen LogP contribution in [0.25, 0.3) is 10.8 Å². The van der Waals surface area contributed by atoms with E-state index in [1.54, 1.807) is 0 Å². The van der Waals surface area contributed by atoms with Crippen molar-refractivity contribution in [3.63, 3.8) is 0 Å². The van der Waals surface area contributed by atoms with E-state index in [-0.39, 0.29) is 6.10 Å². The molecule has 0 amide bonds. The van der Waals surface area contributed by atoms with Gasteiger partial charge in [-0.2, -0.15) is 0 Å². The van der Waals surface area contributed by atoms with Crippen LogP contribution in [0.5, 0.6) is 5.75 Å². The highest BCUT2D eigenvalue weighted by Crippen LogP contribution is 2.29. The monoisotopic (exact) mass is 263 g/mol. The van der Waals surface area contributed by atoms with Crippen LogP contribution in [0.2, 0.25) is 0 Å². The van der Waals surface area contributed by atoms with E-state index in [0.717, 1.165) is 16.7 Å². The molecule has 1 unspecified atom stereocenters. The molecular formula is C18H17NO. The first-order chi connectivity index (χ1) is 9.88. The second-order valence-corrected chi connectivity index (χ2v) is 4.73. The van der Waals surface area contributed by atoms with Crippen LogP contribution >= 0.6 is 0 Å². The molecule has 100 valence electrons. The summed E-state index contributed by atoms with van der Waals surface area (Å²) in [6, 6.07) is 24.4. The van der Waals surface area contributed by atoms with E-state index >= 15 is 0 Å². The van der Waals surface area contributed by atoms with Gasteiger partial charge in [-0.15, -0.1) is 0 Å². The third-order valence-electron chi connectivity index (χ3n) is 3.40. The Bertz CT molecular complexity index is 689. The lowest BCUT2D eigenvalue weighted by molar-refractivity contribution is 0.217. The summed E-state index contributed by atoms with van der Waals surface area (Å²) in [6.45, 7) is 0.452. The molecule has 0 saturated heterocycles. The van der Waals surface area contributed by atoms with Crippen LogP contribution in [-0.2, 0) is 0 Å². The van der Waals surface area contributed by atoms with Gasteiger partial charge in [0.15, 0.2) is 0 Å². The van der Waals surface area contributed by atoms with Gasteiger partial charge >= 0.3 is 0 Å². The number of fused-ring (bicyclic) bond motifs is 1. The summed E-state index contributed by atoms with van der Waals surface area (Å²) < 4.78 is 6.14. The topological polar surface area (TPSA) is 35.2 Å². The predicted molar refractivity (Wildman–Crippen MR) is 82.8 cm³/mol. The fourth-order valence-electron chi connectivity index (χ4n) is 2.37. The number of nitrogens with two attached hydrogens (primary N) is 1. The summed E-state index contributed by atoms with van der Waals surface area (Å²) in [4.78, 5) is 0. The third-order valence-corrected chi connectivity index (χ3v) is 3.40. The zero-order valence-corrected chi connectivity index (χ0v) is 11.2. The van der Waals surface area contributed by atoms with Crippen molar-refractivity contribution in [3.8, 4) is 5.75 Å². The Kier molecular flexibility index (Phi) is 3.66. The molecule has 2 nitrogen and oxygen atoms in total. The third kappa shape index (κ3) is 2.51. The standard InChI is InChI=1S/C18H17NO/c19-13-18(15-8-2-1-3-9-15)20-17-12-6-10-14-7-4-5-11-16(14)17/h1-12,18H,13,19H2. The molecule has 0 aliphatic carbocycles. The quantitative estimate of drug-likeness (QED) is 0.774. The number of rotatable bonds is 4. The molecular weight excluding hydrogens is 246 g/mol. The highest BCUT2D eigenvalue weighted by Gasteiger charge is 2.12. The van der Waals surface area contributed by atoms with Crippen molar-refractivity contribution in [2.75, 3.05) is 6.54 Å². The molecule has 0 aromatic heterocycles. The van der Waals surface area contributed by atoms with Gasteiger partial charge in [-0.25, -0.2) is 0 Å². The van der Waals surface area contributed by atoms with Crippen molar-refractivity contribution < 1.29 is 4.74 Å². The summed E-state index contributed by atoms with van der Waals surface area (Å²) in [7, 11) is 0. The normalized spacial score (nSPS) is 12.2. The Morgan fingerprint density at radius 3 is 2.30 bits per heavy atom. The minimum atomic E-state index is -0.123. The van der Waals surface area contributed by atoms with Gasteiger partial charge in [-0.1, -0.05) is 66.7 Å². The molecule has 0 aliphatic heterocycles. The minimum absolute atomic E-state index is 0.123. The fraction of sp³-hybridized carbons (Fsp3) is 0.111. The lowest BCUT2D eigenvalue weighted by atomic mass is 10.1. The maximum absolute atomic E-state index is 6.14. The van der Waals surface area contributed by atoms with Gasteiger partial charge in [0, 0.05) is 11.9 Å². The highest BCUT2D eigenvalue weighted by molar-refractivity contribution is 5.88. The number of hydrogen-bond donors (Lipinski definition) is 1. The Labute approximate surface area is 118 Å². The number of hydrogen-bond acceptors (Lipinski definition) is 2. The molecule has 3 aromatic carbocycles. The van der Waals surface area contributed by atoms with Crippen molar-refractivity contribution in [2.45, 2.75) is 6.10 Å². The Hall–Kier alpha value is -2.32. The van der Waals surface area contributed by atoms with Gasteiger partial charge in [0.05, 0.1) is 0 Å². The number of ether oxygens (including phenoxy) is 1. The predicted octanol–water partition coefficient (Wildman–Crippen LogP) is 3.92. The van der Waals surface area contributed by atoms with Crippen molar-refractivity contribution in [1.82, 2.24) is 0 Å². The van der Waals surface area contributed by atoms with Gasteiger partial charge in [-0.3, -0.25) is 0 Å². The van der Waals surface area contributed by atoms with Crippen LogP contribution in [0, 0.1) is 0 Å². The van der Waals surface area contributed by atoms with Crippen molar-refractivity contribution in [3.05, 3.63) is 78.4 Å². The SMILES string of the molecule is NCC(Oc1cccc2ccccc12)c1ccccc1. The molecule has 0 bridgehead atoms. The van der Waals surface area contributed by atoms with E-state index in [1.807, 2.05) is 54.6 Å². The average Bonchev–Trinajstić information content (AvgIpc) is 2.53. The molecule has 3 rings (SSSR count). The van der Waals surface area contributed by atoms with Crippen LogP contribution in [0.3, 0.4) is 0 Å². The van der Waals surface area contributed by atoms with Crippen LogP contribution in [-0.4, -0.2) is 6.54 Å². The molecule has 2 N–H and O–H groups in total. The van der Waals surface area contributed by atoms with Crippen molar-refractivity contribution >= 4 is 10.8 Å². The summed E-state index contributed by atoms with van der Waals surface area (Å²) >= 11 is 0. The second kappa shape index (κ2) is 5.76. The highest BCUT2D eigenvalue weighted by atomic mass is 16.5. The molecule has 0 radical (unpaired) electrons. The van der Waals surface area contributed by atoms with E-state index in [0.29, 0.717) is 6.54 Å². The van der Waals surface area contributed by atoms with Gasteiger partial charge in [0.2, 0.25) is 0 Å². The van der Waals surface area contributed by atoms with Crippen LogP contribution in [0.4, 0.5) is 0 Å². The maximum atomic E-state index is 6.14. The Balaban J connectivity index is 1.96. The van der Waals surface area contributed by atoms with E-state index in [4.69, 9.17) is 10.5 Å². The van der Waals surface area contributed by atoms with Crippen molar-refractivity contribution in [1.29, 1.82) is 0 Å². The van der Waals surface area contributed by atoms with E-state index in [2.05, 4.69) is 18.2 Å². The Morgan fingerprint density at radius 2 is 1.50 bits per heavy atom. The molecule has 20 heavy (non-hydrogen) atoms. The Morgan fingerprint density at radius 1 is 0.800 bits per heavy atom. The molecule has 0 saturated carbocycles.